The minimum Gasteiger partial charge on any atom is -0.394 e. The number of carbonyl (C=O) groups is 1. The summed E-state index contributed by atoms with van der Waals surface area (Å²) in [4.78, 5) is 12.0. The Morgan fingerprint density at radius 2 is 1.58 bits per heavy atom. The first-order valence-electron chi connectivity index (χ1n) is 8.92. The minimum atomic E-state index is -2.29. The molecule has 142 valence electrons. The molecule has 7 heteroatoms. The van der Waals surface area contributed by atoms with E-state index < -0.39 is 43.2 Å². The highest BCUT2D eigenvalue weighted by Gasteiger charge is 2.53. The van der Waals surface area contributed by atoms with Crippen LogP contribution in [0.5, 0.6) is 0 Å². The number of aliphatic hydroxyl groups excluding tert-OH is 4. The van der Waals surface area contributed by atoms with Gasteiger partial charge in [0.15, 0.2) is 0 Å². The summed E-state index contributed by atoms with van der Waals surface area (Å²) in [7, 11) is 0. The molecule has 1 aliphatic rings. The molecular formula is C17H32O7. The Hall–Kier alpha value is -0.570. The Morgan fingerprint density at radius 3 is 2.17 bits per heavy atom. The summed E-state index contributed by atoms with van der Waals surface area (Å²) in [6.07, 6.45) is 0.958. The van der Waals surface area contributed by atoms with Crippen molar-refractivity contribution in [3.8, 4) is 0 Å². The van der Waals surface area contributed by atoms with Gasteiger partial charge in [-0.05, 0) is 6.42 Å². The topological polar surface area (TPSA) is 127 Å². The molecule has 24 heavy (non-hydrogen) atoms. The lowest BCUT2D eigenvalue weighted by Crippen LogP contribution is -2.65. The first-order valence-corrected chi connectivity index (χ1v) is 8.92. The zero-order chi connectivity index (χ0) is 18.2. The van der Waals surface area contributed by atoms with E-state index in [0.717, 1.165) is 19.3 Å². The monoisotopic (exact) mass is 348 g/mol. The smallest absolute Gasteiger partial charge is 0.202 e. The minimum absolute atomic E-state index is 0.259. The third kappa shape index (κ3) is 6.06. The van der Waals surface area contributed by atoms with Crippen LogP contribution >= 0.6 is 0 Å². The molecule has 5 atom stereocenters. The van der Waals surface area contributed by atoms with E-state index in [1.165, 1.54) is 19.3 Å². The predicted octanol–water partition coefficient (Wildman–Crippen LogP) is 0.249. The maximum absolute atomic E-state index is 12.0. The molecule has 7 nitrogen and oxygen atoms in total. The summed E-state index contributed by atoms with van der Waals surface area (Å²) in [5.41, 5.74) is 0. The zero-order valence-corrected chi connectivity index (χ0v) is 14.4. The highest BCUT2D eigenvalue weighted by molar-refractivity contribution is 5.79. The summed E-state index contributed by atoms with van der Waals surface area (Å²) in [5, 5.41) is 48.7. The predicted molar refractivity (Wildman–Crippen MR) is 87.2 cm³/mol. The zero-order valence-electron chi connectivity index (χ0n) is 14.4. The average molecular weight is 348 g/mol. The fraction of sp³-hybridized carbons (Fsp3) is 0.941. The maximum atomic E-state index is 12.0. The molecule has 1 aliphatic heterocycles. The Morgan fingerprint density at radius 1 is 1.00 bits per heavy atom. The van der Waals surface area contributed by atoms with Gasteiger partial charge in [-0.1, -0.05) is 45.4 Å². The SMILES string of the molecule is CCCCCCCCCC(=O)C[C@@]1(O)O[C@H](CO)[C@@H](O)[C@H](O)[C@@H]1O. The Labute approximate surface area is 143 Å². The first kappa shape index (κ1) is 21.5. The van der Waals surface area contributed by atoms with Gasteiger partial charge in [-0.25, -0.2) is 0 Å². The van der Waals surface area contributed by atoms with Crippen LogP contribution in [0.2, 0.25) is 0 Å². The number of hydrogen-bond donors (Lipinski definition) is 5. The van der Waals surface area contributed by atoms with E-state index in [4.69, 9.17) is 9.84 Å². The third-order valence-electron chi connectivity index (χ3n) is 4.56. The molecule has 1 saturated heterocycles. The fourth-order valence-corrected chi connectivity index (χ4v) is 3.02. The van der Waals surface area contributed by atoms with Crippen LogP contribution in [-0.4, -0.2) is 68.1 Å². The summed E-state index contributed by atoms with van der Waals surface area (Å²) >= 11 is 0. The van der Waals surface area contributed by atoms with Crippen molar-refractivity contribution in [2.75, 3.05) is 6.61 Å². The molecule has 0 aromatic carbocycles. The normalized spacial score (nSPS) is 33.6. The number of ketones is 1. The average Bonchev–Trinajstić information content (AvgIpc) is 2.55. The lowest BCUT2D eigenvalue weighted by atomic mass is 9.89. The van der Waals surface area contributed by atoms with Gasteiger partial charge < -0.3 is 30.3 Å². The van der Waals surface area contributed by atoms with E-state index in [1.807, 2.05) is 0 Å². The number of rotatable bonds is 11. The Bertz CT molecular complexity index is 374. The fourth-order valence-electron chi connectivity index (χ4n) is 3.02. The third-order valence-corrected chi connectivity index (χ3v) is 4.56. The molecule has 0 aliphatic carbocycles. The van der Waals surface area contributed by atoms with Crippen LogP contribution in [0.1, 0.15) is 64.7 Å². The second-order valence-electron chi connectivity index (χ2n) is 6.70. The number of hydrogen-bond acceptors (Lipinski definition) is 7. The van der Waals surface area contributed by atoms with Crippen molar-refractivity contribution in [2.45, 2.75) is 94.9 Å². The van der Waals surface area contributed by atoms with Crippen LogP contribution in [0, 0.1) is 0 Å². The van der Waals surface area contributed by atoms with E-state index >= 15 is 0 Å². The lowest BCUT2D eigenvalue weighted by Gasteiger charge is -2.45. The molecule has 0 radical (unpaired) electrons. The largest absolute Gasteiger partial charge is 0.394 e. The molecular weight excluding hydrogens is 316 g/mol. The summed E-state index contributed by atoms with van der Waals surface area (Å²) < 4.78 is 5.09. The van der Waals surface area contributed by atoms with Crippen LogP contribution in [0.3, 0.4) is 0 Å². The highest BCUT2D eigenvalue weighted by Crippen LogP contribution is 2.31. The molecule has 1 rings (SSSR count). The molecule has 0 spiro atoms. The van der Waals surface area contributed by atoms with Gasteiger partial charge in [-0.15, -0.1) is 0 Å². The van der Waals surface area contributed by atoms with E-state index in [-0.39, 0.29) is 12.2 Å². The molecule has 0 saturated carbocycles. The summed E-state index contributed by atoms with van der Waals surface area (Å²) in [6.45, 7) is 1.52. The van der Waals surface area contributed by atoms with Crippen LogP contribution in [0.4, 0.5) is 0 Å². The van der Waals surface area contributed by atoms with Gasteiger partial charge in [0.1, 0.15) is 30.2 Å². The summed E-state index contributed by atoms with van der Waals surface area (Å²) in [6, 6.07) is 0. The van der Waals surface area contributed by atoms with Gasteiger partial charge >= 0.3 is 0 Å². The number of Topliss-reactive ketones (excluding diaryl/α,β-unsaturated/α-hetero) is 1. The number of ether oxygens (including phenoxy) is 1. The highest BCUT2D eigenvalue weighted by atomic mass is 16.7. The van der Waals surface area contributed by atoms with Crippen molar-refractivity contribution < 1.29 is 35.1 Å². The van der Waals surface area contributed by atoms with E-state index in [2.05, 4.69) is 6.92 Å². The van der Waals surface area contributed by atoms with E-state index in [9.17, 15) is 25.2 Å². The molecule has 5 N–H and O–H groups in total. The Balaban J connectivity index is 2.38. The van der Waals surface area contributed by atoms with Crippen LogP contribution in [-0.2, 0) is 9.53 Å². The van der Waals surface area contributed by atoms with Crippen molar-refractivity contribution in [3.63, 3.8) is 0 Å². The lowest BCUT2D eigenvalue weighted by molar-refractivity contribution is -0.347. The van der Waals surface area contributed by atoms with E-state index in [0.29, 0.717) is 6.42 Å². The standard InChI is InChI=1S/C17H32O7/c1-2-3-4-5-6-7-8-9-12(19)10-17(23)16(22)15(21)14(20)13(11-18)24-17/h13-16,18,20-23H,2-11H2,1H3/t13-,14-,15+,16+,17-/m1/s1. The van der Waals surface area contributed by atoms with Gasteiger partial charge in [-0.3, -0.25) is 4.79 Å². The van der Waals surface area contributed by atoms with Gasteiger partial charge in [0.05, 0.1) is 13.0 Å². The van der Waals surface area contributed by atoms with Crippen molar-refractivity contribution in [1.29, 1.82) is 0 Å². The molecule has 0 bridgehead atoms. The van der Waals surface area contributed by atoms with Gasteiger partial charge in [0, 0.05) is 6.42 Å². The molecule has 1 fully saturated rings. The number of aliphatic hydroxyl groups is 5. The van der Waals surface area contributed by atoms with Crippen LogP contribution < -0.4 is 0 Å². The maximum Gasteiger partial charge on any atom is 0.202 e. The molecule has 0 aromatic rings. The van der Waals surface area contributed by atoms with Gasteiger partial charge in [-0.2, -0.15) is 0 Å². The quantitative estimate of drug-likeness (QED) is 0.339. The van der Waals surface area contributed by atoms with Crippen molar-refractivity contribution in [3.05, 3.63) is 0 Å². The molecule has 1 heterocycles. The van der Waals surface area contributed by atoms with Crippen LogP contribution in [0.15, 0.2) is 0 Å². The number of carbonyl (C=O) groups excluding carboxylic acids is 1. The second-order valence-corrected chi connectivity index (χ2v) is 6.70. The molecule has 0 aromatic heterocycles. The van der Waals surface area contributed by atoms with Crippen LogP contribution in [0.25, 0.3) is 0 Å². The van der Waals surface area contributed by atoms with Gasteiger partial charge in [0.25, 0.3) is 0 Å². The van der Waals surface area contributed by atoms with Gasteiger partial charge in [0.2, 0.25) is 5.79 Å². The second kappa shape index (κ2) is 10.4. The Kier molecular flexibility index (Phi) is 9.33. The first-order chi connectivity index (χ1) is 11.4. The molecule has 0 unspecified atom stereocenters. The van der Waals surface area contributed by atoms with Crippen molar-refractivity contribution >= 4 is 5.78 Å². The number of unbranched alkanes of at least 4 members (excludes halogenated alkanes) is 6. The van der Waals surface area contributed by atoms with E-state index in [1.54, 1.807) is 0 Å². The van der Waals surface area contributed by atoms with Crippen molar-refractivity contribution in [1.82, 2.24) is 0 Å². The molecule has 0 amide bonds. The summed E-state index contributed by atoms with van der Waals surface area (Å²) in [5.74, 6) is -2.57. The van der Waals surface area contributed by atoms with Crippen molar-refractivity contribution in [2.24, 2.45) is 0 Å².